The Hall–Kier alpha value is 0.460. The fourth-order valence-corrected chi connectivity index (χ4v) is 3.80. The Morgan fingerprint density at radius 3 is 2.25 bits per heavy atom. The molecule has 1 rings (SSSR count). The molecule has 1 nitrogen and oxygen atoms in total. The van der Waals surface area contributed by atoms with Crippen LogP contribution < -0.4 is 0 Å². The van der Waals surface area contributed by atoms with Gasteiger partial charge >= 0.3 is 0 Å². The lowest BCUT2D eigenvalue weighted by Crippen LogP contribution is -2.12. The highest BCUT2D eigenvalue weighted by atomic mass is 79.9. The van der Waals surface area contributed by atoms with E-state index in [0.717, 1.165) is 10.0 Å². The zero-order valence-electron chi connectivity index (χ0n) is 7.64. The lowest BCUT2D eigenvalue weighted by atomic mass is 9.93. The first kappa shape index (κ1) is 10.5. The van der Waals surface area contributed by atoms with E-state index in [1.807, 2.05) is 0 Å². The van der Waals surface area contributed by atoms with Crippen LogP contribution in [-0.2, 0) is 5.41 Å². The molecule has 0 amide bonds. The van der Waals surface area contributed by atoms with Gasteiger partial charge < -0.3 is 0 Å². The Balaban J connectivity index is 3.08. The Bertz CT molecular complexity index is 275. The fraction of sp³-hybridized carbons (Fsp3) is 0.625. The quantitative estimate of drug-likeness (QED) is 0.714. The molecule has 0 saturated heterocycles. The Morgan fingerprint density at radius 1 is 1.42 bits per heavy atom. The molecule has 0 aliphatic heterocycles. The maximum absolute atomic E-state index is 4.53. The molecule has 0 aliphatic carbocycles. The summed E-state index contributed by atoms with van der Waals surface area (Å²) < 4.78 is 2.30. The summed E-state index contributed by atoms with van der Waals surface area (Å²) in [4.78, 5) is 4.53. The van der Waals surface area contributed by atoms with Gasteiger partial charge in [0.1, 0.15) is 0 Å². The van der Waals surface area contributed by atoms with E-state index in [4.69, 9.17) is 0 Å². The van der Waals surface area contributed by atoms with Crippen molar-refractivity contribution in [2.24, 2.45) is 0 Å². The third kappa shape index (κ3) is 2.24. The Morgan fingerprint density at radius 2 is 2.00 bits per heavy atom. The molecule has 0 saturated carbocycles. The van der Waals surface area contributed by atoms with Crippen molar-refractivity contribution in [2.75, 3.05) is 6.26 Å². The molecule has 0 spiro atoms. The van der Waals surface area contributed by atoms with Crippen molar-refractivity contribution >= 4 is 39.0 Å². The van der Waals surface area contributed by atoms with E-state index < -0.39 is 0 Å². The van der Waals surface area contributed by atoms with Gasteiger partial charge in [-0.1, -0.05) is 32.5 Å². The van der Waals surface area contributed by atoms with Gasteiger partial charge in [-0.05, 0) is 22.2 Å². The van der Waals surface area contributed by atoms with E-state index >= 15 is 0 Å². The molecule has 1 heterocycles. The number of thiazole rings is 1. The van der Waals surface area contributed by atoms with Crippen LogP contribution in [0.2, 0.25) is 0 Å². The number of thioether (sulfide) groups is 1. The number of aromatic nitrogens is 1. The van der Waals surface area contributed by atoms with Crippen molar-refractivity contribution in [1.29, 1.82) is 0 Å². The second kappa shape index (κ2) is 3.68. The van der Waals surface area contributed by atoms with Crippen molar-refractivity contribution in [1.82, 2.24) is 4.98 Å². The van der Waals surface area contributed by atoms with Crippen molar-refractivity contribution in [2.45, 2.75) is 30.5 Å². The van der Waals surface area contributed by atoms with Crippen molar-refractivity contribution in [3.63, 3.8) is 0 Å². The first-order valence-electron chi connectivity index (χ1n) is 3.66. The van der Waals surface area contributed by atoms with Crippen LogP contribution in [0.3, 0.4) is 0 Å². The summed E-state index contributed by atoms with van der Waals surface area (Å²) in [6.45, 7) is 6.53. The predicted molar refractivity (Wildman–Crippen MR) is 60.3 cm³/mol. The van der Waals surface area contributed by atoms with Crippen LogP contribution in [0.1, 0.15) is 26.5 Å². The molecule has 0 aliphatic rings. The van der Waals surface area contributed by atoms with E-state index in [0.29, 0.717) is 0 Å². The molecule has 0 unspecified atom stereocenters. The van der Waals surface area contributed by atoms with Crippen molar-refractivity contribution < 1.29 is 0 Å². The van der Waals surface area contributed by atoms with E-state index in [9.17, 15) is 0 Å². The lowest BCUT2D eigenvalue weighted by molar-refractivity contribution is 0.567. The molecule has 0 atom stereocenters. The standard InChI is InChI=1S/C8H12BrNS2/c1-8(2,3)5-6(9)12-7(10-5)11-4/h1-4H3. The van der Waals surface area contributed by atoms with Gasteiger partial charge in [0.15, 0.2) is 4.34 Å². The summed E-state index contributed by atoms with van der Waals surface area (Å²) in [5.41, 5.74) is 1.31. The number of halogens is 1. The second-order valence-corrected chi connectivity index (χ2v) is 6.93. The molecule has 0 fully saturated rings. The Kier molecular flexibility index (Phi) is 3.23. The van der Waals surface area contributed by atoms with Gasteiger partial charge in [0.2, 0.25) is 0 Å². The largest absolute Gasteiger partial charge is 0.233 e. The topological polar surface area (TPSA) is 12.9 Å². The van der Waals surface area contributed by atoms with E-state index in [2.05, 4.69) is 47.9 Å². The zero-order chi connectivity index (χ0) is 9.35. The predicted octanol–water partition coefficient (Wildman–Crippen LogP) is 3.93. The number of hydrogen-bond acceptors (Lipinski definition) is 3. The molecule has 0 radical (unpaired) electrons. The summed E-state index contributed by atoms with van der Waals surface area (Å²) in [6.07, 6.45) is 2.05. The van der Waals surface area contributed by atoms with Crippen molar-refractivity contribution in [3.8, 4) is 0 Å². The minimum Gasteiger partial charge on any atom is -0.233 e. The van der Waals surface area contributed by atoms with Gasteiger partial charge in [0, 0.05) is 5.41 Å². The maximum Gasteiger partial charge on any atom is 0.150 e. The first-order valence-corrected chi connectivity index (χ1v) is 6.49. The minimum atomic E-state index is 0.142. The number of nitrogens with zero attached hydrogens (tertiary/aromatic N) is 1. The van der Waals surface area contributed by atoms with Crippen molar-refractivity contribution in [3.05, 3.63) is 9.48 Å². The summed E-state index contributed by atoms with van der Waals surface area (Å²) in [5, 5.41) is 0. The molecule has 1 aromatic rings. The summed E-state index contributed by atoms with van der Waals surface area (Å²) >= 11 is 6.94. The van der Waals surface area contributed by atoms with Gasteiger partial charge in [-0.3, -0.25) is 0 Å². The summed E-state index contributed by atoms with van der Waals surface area (Å²) in [6, 6.07) is 0. The highest BCUT2D eigenvalue weighted by Crippen LogP contribution is 2.36. The van der Waals surface area contributed by atoms with Crippen LogP contribution in [0.5, 0.6) is 0 Å². The van der Waals surface area contributed by atoms with Gasteiger partial charge in [0.25, 0.3) is 0 Å². The van der Waals surface area contributed by atoms with E-state index in [-0.39, 0.29) is 5.41 Å². The average Bonchev–Trinajstić information content (AvgIpc) is 2.29. The molecule has 0 N–H and O–H groups in total. The highest BCUT2D eigenvalue weighted by molar-refractivity contribution is 9.11. The van der Waals surface area contributed by atoms with E-state index in [1.54, 1.807) is 23.1 Å². The molecule has 0 bridgehead atoms. The molecule has 68 valence electrons. The second-order valence-electron chi connectivity index (χ2n) is 3.56. The van der Waals surface area contributed by atoms with Gasteiger partial charge in [-0.15, -0.1) is 11.3 Å². The molecular formula is C8H12BrNS2. The van der Waals surface area contributed by atoms with E-state index in [1.165, 1.54) is 3.79 Å². The number of hydrogen-bond donors (Lipinski definition) is 0. The lowest BCUT2D eigenvalue weighted by Gasteiger charge is -2.15. The minimum absolute atomic E-state index is 0.142. The molecule has 4 heteroatoms. The molecular weight excluding hydrogens is 254 g/mol. The fourth-order valence-electron chi connectivity index (χ4n) is 0.833. The summed E-state index contributed by atoms with van der Waals surface area (Å²) in [5.74, 6) is 0. The smallest absolute Gasteiger partial charge is 0.150 e. The molecule has 1 aromatic heterocycles. The third-order valence-electron chi connectivity index (χ3n) is 1.45. The van der Waals surface area contributed by atoms with Crippen LogP contribution in [0.15, 0.2) is 8.13 Å². The SMILES string of the molecule is CSc1nc(C(C)(C)C)c(Br)s1. The first-order chi connectivity index (χ1) is 5.45. The van der Waals surface area contributed by atoms with Crippen LogP contribution in [0, 0.1) is 0 Å². The summed E-state index contributed by atoms with van der Waals surface area (Å²) in [7, 11) is 0. The van der Waals surface area contributed by atoms with Crippen LogP contribution >= 0.6 is 39.0 Å². The third-order valence-corrected chi connectivity index (χ3v) is 4.14. The van der Waals surface area contributed by atoms with Crippen LogP contribution in [-0.4, -0.2) is 11.2 Å². The highest BCUT2D eigenvalue weighted by Gasteiger charge is 2.21. The van der Waals surface area contributed by atoms with Crippen LogP contribution in [0.4, 0.5) is 0 Å². The van der Waals surface area contributed by atoms with Crippen LogP contribution in [0.25, 0.3) is 0 Å². The maximum atomic E-state index is 4.53. The monoisotopic (exact) mass is 265 g/mol. The molecule has 12 heavy (non-hydrogen) atoms. The average molecular weight is 266 g/mol. The van der Waals surface area contributed by atoms with Gasteiger partial charge in [-0.25, -0.2) is 4.98 Å². The normalized spacial score (nSPS) is 12.1. The molecule has 0 aromatic carbocycles. The van der Waals surface area contributed by atoms with Gasteiger partial charge in [0.05, 0.1) is 9.48 Å². The van der Waals surface area contributed by atoms with Gasteiger partial charge in [-0.2, -0.15) is 0 Å². The number of rotatable bonds is 1. The Labute approximate surface area is 90.1 Å². The zero-order valence-corrected chi connectivity index (χ0v) is 10.9.